The van der Waals surface area contributed by atoms with Crippen LogP contribution in [0, 0.1) is 11.7 Å². The molecular weight excluding hydrogens is 295 g/mol. The number of rotatable bonds is 4. The van der Waals surface area contributed by atoms with Crippen LogP contribution in [0.1, 0.15) is 39.7 Å². The highest BCUT2D eigenvalue weighted by molar-refractivity contribution is 5.69. The zero-order valence-corrected chi connectivity index (χ0v) is 14.4. The summed E-state index contributed by atoms with van der Waals surface area (Å²) in [5.41, 5.74) is 6.41. The van der Waals surface area contributed by atoms with Crippen LogP contribution in [0.4, 0.5) is 9.18 Å². The molecule has 2 N–H and O–H groups in total. The fraction of sp³-hybridized carbons (Fsp3) is 0.611. The van der Waals surface area contributed by atoms with E-state index < -0.39 is 5.60 Å². The number of amides is 1. The summed E-state index contributed by atoms with van der Waals surface area (Å²) in [5, 5.41) is 0. The van der Waals surface area contributed by atoms with Crippen molar-refractivity contribution in [3.63, 3.8) is 0 Å². The van der Waals surface area contributed by atoms with Crippen LogP contribution in [-0.4, -0.2) is 36.2 Å². The van der Waals surface area contributed by atoms with Gasteiger partial charge in [0.25, 0.3) is 0 Å². The molecule has 1 unspecified atom stereocenters. The third-order valence-electron chi connectivity index (χ3n) is 4.73. The zero-order chi connectivity index (χ0) is 17.3. The second kappa shape index (κ2) is 6.48. The van der Waals surface area contributed by atoms with Gasteiger partial charge in [-0.2, -0.15) is 0 Å². The van der Waals surface area contributed by atoms with Crippen molar-refractivity contribution in [3.8, 4) is 0 Å². The first kappa shape index (κ1) is 17.7. The van der Waals surface area contributed by atoms with Gasteiger partial charge in [0, 0.05) is 31.0 Å². The molecule has 1 fully saturated rings. The number of hydrogen-bond acceptors (Lipinski definition) is 3. The Labute approximate surface area is 137 Å². The lowest BCUT2D eigenvalue weighted by molar-refractivity contribution is -0.0162. The summed E-state index contributed by atoms with van der Waals surface area (Å²) >= 11 is 0. The van der Waals surface area contributed by atoms with Crippen molar-refractivity contribution in [3.05, 3.63) is 35.6 Å². The predicted octanol–water partition coefficient (Wildman–Crippen LogP) is 3.30. The third kappa shape index (κ3) is 3.66. The van der Waals surface area contributed by atoms with Crippen LogP contribution >= 0.6 is 0 Å². The normalized spacial score (nSPS) is 18.3. The Morgan fingerprint density at radius 3 is 2.30 bits per heavy atom. The van der Waals surface area contributed by atoms with E-state index in [9.17, 15) is 9.18 Å². The molecule has 1 aromatic rings. The average molecular weight is 322 g/mol. The molecule has 1 heterocycles. The Hall–Kier alpha value is -1.62. The zero-order valence-electron chi connectivity index (χ0n) is 14.4. The van der Waals surface area contributed by atoms with E-state index in [1.165, 1.54) is 12.1 Å². The topological polar surface area (TPSA) is 55.6 Å². The minimum atomic E-state index is -0.491. The van der Waals surface area contributed by atoms with Crippen molar-refractivity contribution >= 4 is 6.09 Å². The number of carbonyl (C=O) groups is 1. The lowest BCUT2D eigenvalue weighted by Gasteiger charge is -2.50. The Bertz CT molecular complexity index is 541. The van der Waals surface area contributed by atoms with Gasteiger partial charge in [0.1, 0.15) is 11.4 Å². The van der Waals surface area contributed by atoms with Crippen LogP contribution in [0.3, 0.4) is 0 Å². The summed E-state index contributed by atoms with van der Waals surface area (Å²) in [5.74, 6) is 0.00949. The van der Waals surface area contributed by atoms with Crippen molar-refractivity contribution in [2.24, 2.45) is 11.7 Å². The summed E-state index contributed by atoms with van der Waals surface area (Å²) in [7, 11) is 0. The Morgan fingerprint density at radius 1 is 1.30 bits per heavy atom. The second-order valence-corrected chi connectivity index (χ2v) is 7.30. The van der Waals surface area contributed by atoms with Crippen molar-refractivity contribution < 1.29 is 13.9 Å². The highest BCUT2D eigenvalue weighted by atomic mass is 19.1. The molecule has 0 saturated carbocycles. The monoisotopic (exact) mass is 322 g/mol. The maximum Gasteiger partial charge on any atom is 0.410 e. The predicted molar refractivity (Wildman–Crippen MR) is 88.7 cm³/mol. The molecule has 1 amide bonds. The van der Waals surface area contributed by atoms with Crippen LogP contribution in [-0.2, 0) is 10.2 Å². The van der Waals surface area contributed by atoms with Crippen molar-refractivity contribution in [2.45, 2.75) is 45.1 Å². The van der Waals surface area contributed by atoms with Crippen LogP contribution in [0.15, 0.2) is 24.3 Å². The smallest absolute Gasteiger partial charge is 0.410 e. The van der Waals surface area contributed by atoms with Gasteiger partial charge in [-0.25, -0.2) is 9.18 Å². The number of ether oxygens (including phenoxy) is 1. The molecule has 5 heteroatoms. The van der Waals surface area contributed by atoms with Gasteiger partial charge in [-0.3, -0.25) is 0 Å². The molecule has 0 radical (unpaired) electrons. The van der Waals surface area contributed by atoms with E-state index in [-0.39, 0.29) is 23.2 Å². The van der Waals surface area contributed by atoms with Crippen molar-refractivity contribution in [1.82, 2.24) is 4.90 Å². The number of halogens is 1. The minimum absolute atomic E-state index is 0.230. The molecule has 4 nitrogen and oxygen atoms in total. The quantitative estimate of drug-likeness (QED) is 0.925. The maximum absolute atomic E-state index is 13.2. The van der Waals surface area contributed by atoms with Crippen molar-refractivity contribution in [1.29, 1.82) is 0 Å². The van der Waals surface area contributed by atoms with Gasteiger partial charge in [-0.15, -0.1) is 0 Å². The summed E-state index contributed by atoms with van der Waals surface area (Å²) in [6.45, 7) is 9.38. The summed E-state index contributed by atoms with van der Waals surface area (Å²) in [6, 6.07) is 6.56. The van der Waals surface area contributed by atoms with E-state index in [1.54, 1.807) is 4.90 Å². The third-order valence-corrected chi connectivity index (χ3v) is 4.73. The molecule has 1 atom stereocenters. The largest absolute Gasteiger partial charge is 0.444 e. The van der Waals surface area contributed by atoms with Gasteiger partial charge in [0.15, 0.2) is 0 Å². The van der Waals surface area contributed by atoms with E-state index in [4.69, 9.17) is 10.5 Å². The Kier molecular flexibility index (Phi) is 4.99. The molecule has 1 aliphatic heterocycles. The molecule has 1 aromatic carbocycles. The summed E-state index contributed by atoms with van der Waals surface area (Å²) in [6.07, 6.45) is 0.567. The van der Waals surface area contributed by atoms with E-state index in [1.807, 2.05) is 32.9 Å². The minimum Gasteiger partial charge on any atom is -0.444 e. The van der Waals surface area contributed by atoms with Crippen LogP contribution in [0.2, 0.25) is 0 Å². The average Bonchev–Trinajstić information content (AvgIpc) is 2.41. The Balaban J connectivity index is 2.10. The lowest BCUT2D eigenvalue weighted by Crippen LogP contribution is -2.60. The first-order chi connectivity index (χ1) is 10.7. The molecule has 128 valence electrons. The fourth-order valence-corrected chi connectivity index (χ4v) is 3.24. The molecule has 0 aromatic heterocycles. The Morgan fingerprint density at radius 2 is 1.87 bits per heavy atom. The first-order valence-electron chi connectivity index (χ1n) is 8.16. The van der Waals surface area contributed by atoms with Gasteiger partial charge in [0.2, 0.25) is 0 Å². The van der Waals surface area contributed by atoms with Crippen molar-refractivity contribution in [2.75, 3.05) is 19.6 Å². The molecule has 0 aliphatic carbocycles. The van der Waals surface area contributed by atoms with Gasteiger partial charge in [-0.05, 0) is 44.9 Å². The van der Waals surface area contributed by atoms with Crippen LogP contribution < -0.4 is 5.73 Å². The number of carbonyl (C=O) groups excluding carboxylic acids is 1. The number of hydrogen-bond donors (Lipinski definition) is 1. The van der Waals surface area contributed by atoms with Gasteiger partial charge >= 0.3 is 6.09 Å². The van der Waals surface area contributed by atoms with Crippen LogP contribution in [0.25, 0.3) is 0 Å². The number of nitrogens with zero attached hydrogens (tertiary/aromatic N) is 1. The number of nitrogens with two attached hydrogens (primary N) is 1. The number of benzene rings is 1. The van der Waals surface area contributed by atoms with Gasteiger partial charge in [-0.1, -0.05) is 19.1 Å². The molecular formula is C18H27FN2O2. The summed E-state index contributed by atoms with van der Waals surface area (Å²) in [4.78, 5) is 13.8. The molecule has 1 saturated heterocycles. The molecule has 2 rings (SSSR count). The fourth-order valence-electron chi connectivity index (χ4n) is 3.24. The number of likely N-dealkylation sites (tertiary alicyclic amines) is 1. The summed E-state index contributed by atoms with van der Waals surface area (Å²) < 4.78 is 18.6. The first-order valence-corrected chi connectivity index (χ1v) is 8.16. The highest BCUT2D eigenvalue weighted by Gasteiger charge is 2.46. The molecule has 0 spiro atoms. The maximum atomic E-state index is 13.2. The van der Waals surface area contributed by atoms with Gasteiger partial charge < -0.3 is 15.4 Å². The van der Waals surface area contributed by atoms with Crippen LogP contribution in [0.5, 0.6) is 0 Å². The standard InChI is InChI=1S/C18H27FN2O2/c1-5-18(12-20,13-6-8-15(19)9-7-13)14-10-21(11-14)16(22)23-17(2,3)4/h6-9,14H,5,10-12,20H2,1-4H3. The van der Waals surface area contributed by atoms with E-state index in [0.29, 0.717) is 19.6 Å². The van der Waals surface area contributed by atoms with E-state index in [2.05, 4.69) is 6.92 Å². The van der Waals surface area contributed by atoms with Gasteiger partial charge in [0.05, 0.1) is 0 Å². The highest BCUT2D eigenvalue weighted by Crippen LogP contribution is 2.40. The second-order valence-electron chi connectivity index (χ2n) is 7.30. The SMILES string of the molecule is CCC(CN)(c1ccc(F)cc1)C1CN(C(=O)OC(C)(C)C)C1. The van der Waals surface area contributed by atoms with E-state index >= 15 is 0 Å². The van der Waals surface area contributed by atoms with E-state index in [0.717, 1.165) is 12.0 Å². The molecule has 0 bridgehead atoms. The lowest BCUT2D eigenvalue weighted by atomic mass is 9.65. The molecule has 23 heavy (non-hydrogen) atoms. The molecule has 1 aliphatic rings.